The number of nitro groups is 1. The highest BCUT2D eigenvalue weighted by molar-refractivity contribution is 9.10. The number of benzene rings is 4. The van der Waals surface area contributed by atoms with Crippen molar-refractivity contribution in [2.45, 2.75) is 27.2 Å². The molecule has 0 saturated heterocycles. The van der Waals surface area contributed by atoms with Crippen LogP contribution in [-0.2, 0) is 6.42 Å². The van der Waals surface area contributed by atoms with Crippen LogP contribution in [-0.4, -0.2) is 16.7 Å². The average Bonchev–Trinajstić information content (AvgIpc) is 2.88. The van der Waals surface area contributed by atoms with E-state index in [1.165, 1.54) is 6.07 Å². The molecule has 2 amide bonds. The molecule has 0 atom stereocenters. The molecule has 0 unspecified atom stereocenters. The summed E-state index contributed by atoms with van der Waals surface area (Å²) in [5.74, 6) is -1.02. The van der Waals surface area contributed by atoms with Crippen molar-refractivity contribution in [3.63, 3.8) is 0 Å². The van der Waals surface area contributed by atoms with E-state index in [-0.39, 0.29) is 16.9 Å². The van der Waals surface area contributed by atoms with Crippen molar-refractivity contribution >= 4 is 61.3 Å². The van der Waals surface area contributed by atoms with Crippen LogP contribution in [0.5, 0.6) is 0 Å². The number of halogens is 1. The van der Waals surface area contributed by atoms with Gasteiger partial charge in [-0.25, -0.2) is 4.90 Å². The number of hydrogen-bond donors (Lipinski definition) is 1. The van der Waals surface area contributed by atoms with Crippen molar-refractivity contribution in [1.29, 1.82) is 0 Å². The number of nitro benzene ring substituents is 1. The quantitative estimate of drug-likeness (QED) is 0.163. The van der Waals surface area contributed by atoms with Gasteiger partial charge in [-0.1, -0.05) is 53.2 Å². The molecule has 0 saturated carbocycles. The van der Waals surface area contributed by atoms with Crippen LogP contribution in [0.3, 0.4) is 0 Å². The molecule has 7 nitrogen and oxygen atoms in total. The number of para-hydroxylation sites is 1. The van der Waals surface area contributed by atoms with E-state index in [1.54, 1.807) is 30.3 Å². The van der Waals surface area contributed by atoms with E-state index in [1.807, 2.05) is 45.0 Å². The summed E-state index contributed by atoms with van der Waals surface area (Å²) in [7, 11) is 0. The van der Waals surface area contributed by atoms with Gasteiger partial charge in [0, 0.05) is 32.6 Å². The first kappa shape index (κ1) is 23.7. The van der Waals surface area contributed by atoms with Crippen LogP contribution < -0.4 is 10.2 Å². The van der Waals surface area contributed by atoms with Gasteiger partial charge in [-0.15, -0.1) is 0 Å². The van der Waals surface area contributed by atoms with E-state index in [0.717, 1.165) is 26.1 Å². The predicted molar refractivity (Wildman–Crippen MR) is 144 cm³/mol. The van der Waals surface area contributed by atoms with Gasteiger partial charge in [-0.05, 0) is 61.2 Å². The molecular weight excluding hydrogens is 522 g/mol. The first-order chi connectivity index (χ1) is 17.2. The third-order valence-electron chi connectivity index (χ3n) is 6.80. The van der Waals surface area contributed by atoms with Gasteiger partial charge in [0.05, 0.1) is 16.2 Å². The summed E-state index contributed by atoms with van der Waals surface area (Å²) in [5.41, 5.74) is 4.42. The molecule has 36 heavy (non-hydrogen) atoms. The monoisotopic (exact) mass is 543 g/mol. The second-order valence-corrected chi connectivity index (χ2v) is 9.56. The largest absolute Gasteiger partial charge is 0.349 e. The lowest BCUT2D eigenvalue weighted by Crippen LogP contribution is -2.41. The normalized spacial score (nSPS) is 12.8. The summed E-state index contributed by atoms with van der Waals surface area (Å²) in [6, 6.07) is 17.3. The highest BCUT2D eigenvalue weighted by atomic mass is 79.9. The fourth-order valence-corrected chi connectivity index (χ4v) is 5.16. The fraction of sp³-hybridized carbons (Fsp3) is 0.143. The second kappa shape index (κ2) is 8.87. The van der Waals surface area contributed by atoms with Gasteiger partial charge < -0.3 is 5.32 Å². The fourth-order valence-electron chi connectivity index (χ4n) is 4.73. The Balaban J connectivity index is 1.76. The van der Waals surface area contributed by atoms with Crippen molar-refractivity contribution in [2.75, 3.05) is 10.2 Å². The van der Waals surface area contributed by atoms with Crippen LogP contribution >= 0.6 is 15.9 Å². The molecule has 5 rings (SSSR count). The molecule has 0 spiro atoms. The SMILES string of the molecule is CCc1ccccc1N1C(=O)c2cccc3c(Nc4ccc(Br)c(C)c4C)c([N+](=O)[O-])cc(c23)C1=O. The maximum absolute atomic E-state index is 13.7. The van der Waals surface area contributed by atoms with E-state index in [2.05, 4.69) is 21.2 Å². The average molecular weight is 544 g/mol. The minimum atomic E-state index is -0.574. The standard InChI is InChI=1S/C28H22BrN3O4/c1-4-17-8-5-6-11-23(17)31-27(33)19-10-7-9-18-25(19)20(28(31)34)14-24(32(35)36)26(18)30-22-13-12-21(29)15(2)16(22)3/h5-14,30H,4H2,1-3H3. The maximum atomic E-state index is 13.7. The molecule has 0 radical (unpaired) electrons. The van der Waals surface area contributed by atoms with Crippen LogP contribution in [0.2, 0.25) is 0 Å². The second-order valence-electron chi connectivity index (χ2n) is 8.70. The first-order valence-electron chi connectivity index (χ1n) is 11.5. The zero-order valence-electron chi connectivity index (χ0n) is 19.9. The number of carbonyl (C=O) groups excluding carboxylic acids is 2. The van der Waals surface area contributed by atoms with Crippen molar-refractivity contribution in [3.05, 3.63) is 103 Å². The Hall–Kier alpha value is -4.04. The van der Waals surface area contributed by atoms with E-state index >= 15 is 0 Å². The van der Waals surface area contributed by atoms with Crippen LogP contribution in [0.1, 0.15) is 44.3 Å². The Bertz CT molecular complexity index is 1610. The topological polar surface area (TPSA) is 92.6 Å². The van der Waals surface area contributed by atoms with Crippen LogP contribution in [0.4, 0.5) is 22.7 Å². The smallest absolute Gasteiger partial charge is 0.294 e. The molecule has 0 fully saturated rings. The first-order valence-corrected chi connectivity index (χ1v) is 12.3. The van der Waals surface area contributed by atoms with E-state index in [9.17, 15) is 19.7 Å². The summed E-state index contributed by atoms with van der Waals surface area (Å²) in [6.07, 6.45) is 0.624. The van der Waals surface area contributed by atoms with Crippen molar-refractivity contribution in [1.82, 2.24) is 0 Å². The number of imide groups is 1. The van der Waals surface area contributed by atoms with Gasteiger partial charge in [0.2, 0.25) is 0 Å². The Morgan fingerprint density at radius 1 is 0.944 bits per heavy atom. The molecule has 1 aliphatic heterocycles. The number of aryl methyl sites for hydroxylation is 1. The number of anilines is 3. The van der Waals surface area contributed by atoms with Gasteiger partial charge >= 0.3 is 0 Å². The number of amides is 2. The van der Waals surface area contributed by atoms with Crippen LogP contribution in [0.15, 0.2) is 65.1 Å². The summed E-state index contributed by atoms with van der Waals surface area (Å²) >= 11 is 3.51. The van der Waals surface area contributed by atoms with Crippen LogP contribution in [0, 0.1) is 24.0 Å². The summed E-state index contributed by atoms with van der Waals surface area (Å²) < 4.78 is 0.931. The number of nitrogens with one attached hydrogen (secondary N) is 1. The number of rotatable bonds is 5. The van der Waals surface area contributed by atoms with Crippen molar-refractivity contribution in [3.8, 4) is 0 Å². The van der Waals surface area contributed by atoms with E-state index in [0.29, 0.717) is 34.1 Å². The summed E-state index contributed by atoms with van der Waals surface area (Å²) in [4.78, 5) is 40.2. The summed E-state index contributed by atoms with van der Waals surface area (Å²) in [5, 5.41) is 16.3. The number of nitrogens with zero attached hydrogens (tertiary/aromatic N) is 2. The molecule has 4 aromatic rings. The zero-order valence-corrected chi connectivity index (χ0v) is 21.5. The molecule has 1 heterocycles. The molecular formula is C28H22BrN3O4. The molecule has 180 valence electrons. The van der Waals surface area contributed by atoms with Gasteiger partial charge in [0.15, 0.2) is 0 Å². The van der Waals surface area contributed by atoms with E-state index < -0.39 is 16.7 Å². The lowest BCUT2D eigenvalue weighted by molar-refractivity contribution is -0.383. The lowest BCUT2D eigenvalue weighted by Gasteiger charge is -2.29. The highest BCUT2D eigenvalue weighted by Gasteiger charge is 2.37. The molecule has 8 heteroatoms. The third kappa shape index (κ3) is 3.56. The Labute approximate surface area is 216 Å². The Morgan fingerprint density at radius 3 is 2.39 bits per heavy atom. The van der Waals surface area contributed by atoms with Crippen LogP contribution in [0.25, 0.3) is 10.8 Å². The third-order valence-corrected chi connectivity index (χ3v) is 7.66. The Kier molecular flexibility index (Phi) is 5.84. The van der Waals surface area contributed by atoms with Gasteiger partial charge in [-0.2, -0.15) is 0 Å². The number of carbonyl (C=O) groups is 2. The highest BCUT2D eigenvalue weighted by Crippen LogP contribution is 2.43. The lowest BCUT2D eigenvalue weighted by atomic mass is 9.91. The minimum absolute atomic E-state index is 0.132. The number of hydrogen-bond acceptors (Lipinski definition) is 5. The van der Waals surface area contributed by atoms with Crippen molar-refractivity contribution in [2.24, 2.45) is 0 Å². The molecule has 1 N–H and O–H groups in total. The molecule has 1 aliphatic rings. The maximum Gasteiger partial charge on any atom is 0.294 e. The predicted octanol–water partition coefficient (Wildman–Crippen LogP) is 7.23. The van der Waals surface area contributed by atoms with Gasteiger partial charge in [0.25, 0.3) is 17.5 Å². The molecule has 0 aromatic heterocycles. The molecule has 0 aliphatic carbocycles. The van der Waals surface area contributed by atoms with Gasteiger partial charge in [0.1, 0.15) is 5.69 Å². The minimum Gasteiger partial charge on any atom is -0.349 e. The summed E-state index contributed by atoms with van der Waals surface area (Å²) in [6.45, 7) is 5.83. The van der Waals surface area contributed by atoms with E-state index in [4.69, 9.17) is 0 Å². The van der Waals surface area contributed by atoms with Crippen molar-refractivity contribution < 1.29 is 14.5 Å². The Morgan fingerprint density at radius 2 is 1.67 bits per heavy atom. The zero-order chi connectivity index (χ0) is 25.7. The molecule has 0 bridgehead atoms. The van der Waals surface area contributed by atoms with Gasteiger partial charge in [-0.3, -0.25) is 19.7 Å². The molecule has 4 aromatic carbocycles.